The van der Waals surface area contributed by atoms with Gasteiger partial charge in [-0.1, -0.05) is 0 Å². The van der Waals surface area contributed by atoms with E-state index in [0.717, 1.165) is 11.3 Å². The first-order valence-corrected chi connectivity index (χ1v) is 4.37. The lowest BCUT2D eigenvalue weighted by Crippen LogP contribution is -2.51. The van der Waals surface area contributed by atoms with E-state index in [2.05, 4.69) is 17.1 Å². The van der Waals surface area contributed by atoms with E-state index in [-0.39, 0.29) is 0 Å². The highest BCUT2D eigenvalue weighted by Gasteiger charge is 2.32. The van der Waals surface area contributed by atoms with Crippen molar-refractivity contribution in [2.45, 2.75) is 24.1 Å². The molecule has 1 N–H and O–H groups in total. The molecule has 2 rings (SSSR count). The van der Waals surface area contributed by atoms with Crippen LogP contribution in [0.4, 0.5) is 0 Å². The Hall–Kier alpha value is 0.310. The maximum Gasteiger partial charge on any atom is 0.0277 e. The van der Waals surface area contributed by atoms with Crippen LogP contribution in [0.1, 0.15) is 12.8 Å². The second kappa shape index (κ2) is 1.92. The van der Waals surface area contributed by atoms with Gasteiger partial charge in [0.05, 0.1) is 0 Å². The molecule has 0 spiro atoms. The molecule has 0 aromatic carbocycles. The molecule has 2 saturated heterocycles. The average Bonchev–Trinajstić information content (AvgIpc) is 1.72. The van der Waals surface area contributed by atoms with Crippen molar-refractivity contribution in [2.24, 2.45) is 0 Å². The zero-order valence-electron chi connectivity index (χ0n) is 4.89. The lowest BCUT2D eigenvalue weighted by molar-refractivity contribution is 0.419. The molecule has 0 aromatic rings. The summed E-state index contributed by atoms with van der Waals surface area (Å²) in [6.45, 7) is 1.27. The van der Waals surface area contributed by atoms with E-state index in [4.69, 9.17) is 0 Å². The lowest BCUT2D eigenvalue weighted by atomic mass is 10.1. The second-order valence-electron chi connectivity index (χ2n) is 2.57. The summed E-state index contributed by atoms with van der Waals surface area (Å²) in [7, 11) is 0. The van der Waals surface area contributed by atoms with Gasteiger partial charge in [0.2, 0.25) is 0 Å². The van der Waals surface area contributed by atoms with Gasteiger partial charge < -0.3 is 5.32 Å². The van der Waals surface area contributed by atoms with Crippen molar-refractivity contribution >= 4 is 11.8 Å². The first-order chi connectivity index (χ1) is 3.97. The quantitative estimate of drug-likeness (QED) is 0.520. The van der Waals surface area contributed by atoms with E-state index in [1.807, 2.05) is 0 Å². The van der Waals surface area contributed by atoms with Crippen LogP contribution < -0.4 is 5.32 Å². The molecule has 2 unspecified atom stereocenters. The summed E-state index contributed by atoms with van der Waals surface area (Å²) in [5.74, 6) is 1.37. The van der Waals surface area contributed by atoms with E-state index in [9.17, 15) is 0 Å². The smallest absolute Gasteiger partial charge is 0.0277 e. The summed E-state index contributed by atoms with van der Waals surface area (Å²) in [5, 5.41) is 4.49. The second-order valence-corrected chi connectivity index (χ2v) is 3.85. The molecule has 0 saturated carbocycles. The van der Waals surface area contributed by atoms with Crippen LogP contribution in [0.15, 0.2) is 0 Å². The molecule has 0 bridgehead atoms. The third-order valence-electron chi connectivity index (χ3n) is 2.01. The van der Waals surface area contributed by atoms with Crippen LogP contribution >= 0.6 is 11.8 Å². The summed E-state index contributed by atoms with van der Waals surface area (Å²) in [6.07, 6.45) is 2.86. The Morgan fingerprint density at radius 1 is 1.50 bits per heavy atom. The molecule has 2 fully saturated rings. The topological polar surface area (TPSA) is 12.0 Å². The average molecular weight is 129 g/mol. The molecule has 2 heterocycles. The fourth-order valence-electron chi connectivity index (χ4n) is 1.39. The first kappa shape index (κ1) is 5.12. The zero-order valence-corrected chi connectivity index (χ0v) is 5.71. The van der Waals surface area contributed by atoms with Crippen molar-refractivity contribution in [3.63, 3.8) is 0 Å². The number of hydrogen-bond donors (Lipinski definition) is 1. The van der Waals surface area contributed by atoms with Gasteiger partial charge in [-0.3, -0.25) is 0 Å². The zero-order chi connectivity index (χ0) is 5.40. The van der Waals surface area contributed by atoms with Crippen molar-refractivity contribution in [2.75, 3.05) is 12.3 Å². The van der Waals surface area contributed by atoms with Crippen LogP contribution in [0.3, 0.4) is 0 Å². The molecule has 2 heteroatoms. The molecular formula is C6H11NS. The molecule has 2 atom stereocenters. The minimum absolute atomic E-state index is 0.897. The maximum atomic E-state index is 3.50. The Morgan fingerprint density at radius 2 is 2.50 bits per heavy atom. The van der Waals surface area contributed by atoms with Crippen LogP contribution in [0.5, 0.6) is 0 Å². The van der Waals surface area contributed by atoms with E-state index < -0.39 is 0 Å². The van der Waals surface area contributed by atoms with Gasteiger partial charge in [0, 0.05) is 17.0 Å². The first-order valence-electron chi connectivity index (χ1n) is 3.32. The molecule has 1 nitrogen and oxygen atoms in total. The molecule has 2 aliphatic rings. The van der Waals surface area contributed by atoms with Gasteiger partial charge in [0.1, 0.15) is 0 Å². The van der Waals surface area contributed by atoms with E-state index >= 15 is 0 Å². The minimum atomic E-state index is 0.897. The predicted molar refractivity (Wildman–Crippen MR) is 37.3 cm³/mol. The van der Waals surface area contributed by atoms with E-state index in [1.54, 1.807) is 0 Å². The third kappa shape index (κ3) is 0.669. The summed E-state index contributed by atoms with van der Waals surface area (Å²) in [5.41, 5.74) is 0. The van der Waals surface area contributed by atoms with Gasteiger partial charge in [0.25, 0.3) is 0 Å². The van der Waals surface area contributed by atoms with Gasteiger partial charge in [-0.2, -0.15) is 11.8 Å². The standard InChI is InChI=1S/C6H11NS/c1-2-6-5(4-8-6)7-3-1/h5-7H,1-4H2. The highest BCUT2D eigenvalue weighted by molar-refractivity contribution is 8.01. The molecule has 0 aromatic heterocycles. The fraction of sp³-hybridized carbons (Fsp3) is 1.00. The van der Waals surface area contributed by atoms with E-state index in [0.29, 0.717) is 0 Å². The maximum absolute atomic E-state index is 3.50. The van der Waals surface area contributed by atoms with Crippen molar-refractivity contribution in [3.05, 3.63) is 0 Å². The normalized spacial score (nSPS) is 45.0. The Balaban J connectivity index is 1.92. The molecule has 8 heavy (non-hydrogen) atoms. The van der Waals surface area contributed by atoms with E-state index in [1.165, 1.54) is 25.1 Å². The minimum Gasteiger partial charge on any atom is -0.312 e. The summed E-state index contributed by atoms with van der Waals surface area (Å²) < 4.78 is 0. The monoisotopic (exact) mass is 129 g/mol. The van der Waals surface area contributed by atoms with Crippen LogP contribution in [0.25, 0.3) is 0 Å². The van der Waals surface area contributed by atoms with Crippen LogP contribution in [-0.2, 0) is 0 Å². The number of nitrogens with one attached hydrogen (secondary N) is 1. The number of thioether (sulfide) groups is 1. The van der Waals surface area contributed by atoms with Crippen LogP contribution in [0, 0.1) is 0 Å². The molecule has 46 valence electrons. The number of hydrogen-bond acceptors (Lipinski definition) is 2. The van der Waals surface area contributed by atoms with Gasteiger partial charge in [-0.05, 0) is 19.4 Å². The Bertz CT molecular complexity index is 82.5. The molecule has 0 radical (unpaired) electrons. The van der Waals surface area contributed by atoms with Crippen molar-refractivity contribution in [1.29, 1.82) is 0 Å². The fourth-order valence-corrected chi connectivity index (χ4v) is 2.60. The van der Waals surface area contributed by atoms with Crippen molar-refractivity contribution < 1.29 is 0 Å². The van der Waals surface area contributed by atoms with Crippen molar-refractivity contribution in [3.8, 4) is 0 Å². The highest BCUT2D eigenvalue weighted by Crippen LogP contribution is 2.33. The van der Waals surface area contributed by atoms with Gasteiger partial charge in [-0.15, -0.1) is 0 Å². The number of piperidine rings is 1. The third-order valence-corrected chi connectivity index (χ3v) is 3.55. The van der Waals surface area contributed by atoms with Gasteiger partial charge in [0.15, 0.2) is 0 Å². The van der Waals surface area contributed by atoms with Gasteiger partial charge >= 0.3 is 0 Å². The Kier molecular flexibility index (Phi) is 1.23. The largest absolute Gasteiger partial charge is 0.312 e. The van der Waals surface area contributed by atoms with Crippen LogP contribution in [0.2, 0.25) is 0 Å². The van der Waals surface area contributed by atoms with Crippen molar-refractivity contribution in [1.82, 2.24) is 5.32 Å². The molecular weight excluding hydrogens is 118 g/mol. The van der Waals surface area contributed by atoms with Crippen LogP contribution in [-0.4, -0.2) is 23.6 Å². The Labute approximate surface area is 54.2 Å². The summed E-state index contributed by atoms with van der Waals surface area (Å²) in [4.78, 5) is 0. The lowest BCUT2D eigenvalue weighted by Gasteiger charge is -2.40. The SMILES string of the molecule is C1CNC2CSC2C1. The highest BCUT2D eigenvalue weighted by atomic mass is 32.2. The van der Waals surface area contributed by atoms with Gasteiger partial charge in [-0.25, -0.2) is 0 Å². The number of rotatable bonds is 0. The summed E-state index contributed by atoms with van der Waals surface area (Å²) >= 11 is 2.13. The Morgan fingerprint density at radius 3 is 2.88 bits per heavy atom. The predicted octanol–water partition coefficient (Wildman–Crippen LogP) is 0.854. The molecule has 0 amide bonds. The summed E-state index contributed by atoms with van der Waals surface area (Å²) in [6, 6.07) is 0.897. The molecule has 0 aliphatic carbocycles. The number of fused-ring (bicyclic) bond motifs is 1. The molecule has 2 aliphatic heterocycles.